The van der Waals surface area contributed by atoms with E-state index in [1.165, 1.54) is 12.8 Å². The number of aldehydes is 1. The lowest BCUT2D eigenvalue weighted by atomic mass is 10.2. The number of rotatable bonds is 7. The Labute approximate surface area is 100 Å². The molecule has 2 rings (SSSR count). The molecule has 1 fully saturated rings. The van der Waals surface area contributed by atoms with Crippen LogP contribution in [0.25, 0.3) is 0 Å². The molecule has 92 valence electrons. The number of ether oxygens (including phenoxy) is 3. The Bertz CT molecular complexity index is 385. The molecule has 1 saturated carbocycles. The molecule has 0 amide bonds. The van der Waals surface area contributed by atoms with Crippen LogP contribution in [0.2, 0.25) is 0 Å². The van der Waals surface area contributed by atoms with Crippen LogP contribution in [0.15, 0.2) is 18.2 Å². The van der Waals surface area contributed by atoms with Crippen LogP contribution >= 0.6 is 0 Å². The van der Waals surface area contributed by atoms with Crippen LogP contribution in [0.3, 0.4) is 0 Å². The zero-order chi connectivity index (χ0) is 12.1. The van der Waals surface area contributed by atoms with Gasteiger partial charge in [0.05, 0.1) is 13.7 Å². The van der Waals surface area contributed by atoms with Crippen LogP contribution in [-0.4, -0.2) is 26.8 Å². The molecule has 0 spiro atoms. The van der Waals surface area contributed by atoms with Crippen molar-refractivity contribution in [2.45, 2.75) is 12.8 Å². The van der Waals surface area contributed by atoms with E-state index in [0.29, 0.717) is 17.1 Å². The van der Waals surface area contributed by atoms with E-state index in [1.54, 1.807) is 25.3 Å². The van der Waals surface area contributed by atoms with Crippen molar-refractivity contribution in [3.8, 4) is 11.5 Å². The SMILES string of the molecule is COc1cc(C=O)ccc1OCOCC1CC1. The second-order valence-electron chi connectivity index (χ2n) is 4.10. The fraction of sp³-hybridized carbons (Fsp3) is 0.462. The normalized spacial score (nSPS) is 14.4. The lowest BCUT2D eigenvalue weighted by Gasteiger charge is -2.11. The summed E-state index contributed by atoms with van der Waals surface area (Å²) in [4.78, 5) is 10.6. The molecule has 0 saturated heterocycles. The quantitative estimate of drug-likeness (QED) is 0.414. The maximum absolute atomic E-state index is 10.6. The van der Waals surface area contributed by atoms with Crippen LogP contribution in [-0.2, 0) is 4.74 Å². The summed E-state index contributed by atoms with van der Waals surface area (Å²) in [6, 6.07) is 5.04. The number of hydrogen-bond acceptors (Lipinski definition) is 4. The molecule has 0 aromatic heterocycles. The van der Waals surface area contributed by atoms with Crippen molar-refractivity contribution in [2.24, 2.45) is 5.92 Å². The fourth-order valence-electron chi connectivity index (χ4n) is 1.48. The molecule has 0 bridgehead atoms. The van der Waals surface area contributed by atoms with Crippen molar-refractivity contribution >= 4 is 6.29 Å². The van der Waals surface area contributed by atoms with E-state index in [4.69, 9.17) is 14.2 Å². The second-order valence-corrected chi connectivity index (χ2v) is 4.10. The van der Waals surface area contributed by atoms with Gasteiger partial charge in [0, 0.05) is 5.56 Å². The first kappa shape index (κ1) is 11.9. The highest BCUT2D eigenvalue weighted by molar-refractivity contribution is 5.76. The predicted octanol–water partition coefficient (Wildman–Crippen LogP) is 2.27. The van der Waals surface area contributed by atoms with Gasteiger partial charge in [0.25, 0.3) is 0 Å². The highest BCUT2D eigenvalue weighted by Crippen LogP contribution is 2.30. The molecular formula is C13H16O4. The molecule has 0 heterocycles. The van der Waals surface area contributed by atoms with Crippen LogP contribution in [0, 0.1) is 5.92 Å². The molecule has 0 atom stereocenters. The summed E-state index contributed by atoms with van der Waals surface area (Å²) in [6.07, 6.45) is 3.30. The standard InChI is InChI=1S/C13H16O4/c1-15-13-6-11(7-14)4-5-12(13)17-9-16-8-10-2-3-10/h4-7,10H,2-3,8-9H2,1H3. The summed E-state index contributed by atoms with van der Waals surface area (Å²) in [6.45, 7) is 0.974. The van der Waals surface area contributed by atoms with Crippen LogP contribution in [0.1, 0.15) is 23.2 Å². The lowest BCUT2D eigenvalue weighted by Crippen LogP contribution is -2.06. The predicted molar refractivity (Wildman–Crippen MR) is 62.6 cm³/mol. The third-order valence-electron chi connectivity index (χ3n) is 2.67. The van der Waals surface area contributed by atoms with E-state index >= 15 is 0 Å². The van der Waals surface area contributed by atoms with E-state index in [0.717, 1.165) is 18.8 Å². The smallest absolute Gasteiger partial charge is 0.189 e. The maximum atomic E-state index is 10.6. The van der Waals surface area contributed by atoms with Gasteiger partial charge in [0.15, 0.2) is 18.3 Å². The van der Waals surface area contributed by atoms with Gasteiger partial charge in [0.2, 0.25) is 0 Å². The Hall–Kier alpha value is -1.55. The molecule has 0 radical (unpaired) electrons. The third-order valence-corrected chi connectivity index (χ3v) is 2.67. The largest absolute Gasteiger partial charge is 0.493 e. The monoisotopic (exact) mass is 236 g/mol. The minimum absolute atomic E-state index is 0.216. The molecule has 1 aromatic carbocycles. The average molecular weight is 236 g/mol. The highest BCUT2D eigenvalue weighted by atomic mass is 16.7. The van der Waals surface area contributed by atoms with Gasteiger partial charge >= 0.3 is 0 Å². The minimum Gasteiger partial charge on any atom is -0.493 e. The van der Waals surface area contributed by atoms with Gasteiger partial charge < -0.3 is 14.2 Å². The molecule has 1 aromatic rings. The van der Waals surface area contributed by atoms with Crippen molar-refractivity contribution in [2.75, 3.05) is 20.5 Å². The number of carbonyl (C=O) groups excluding carboxylic acids is 1. The Morgan fingerprint density at radius 2 is 2.18 bits per heavy atom. The number of benzene rings is 1. The maximum Gasteiger partial charge on any atom is 0.189 e. The molecule has 4 nitrogen and oxygen atoms in total. The first-order chi connectivity index (χ1) is 8.33. The van der Waals surface area contributed by atoms with Crippen molar-refractivity contribution in [1.29, 1.82) is 0 Å². The first-order valence-corrected chi connectivity index (χ1v) is 5.67. The fourth-order valence-corrected chi connectivity index (χ4v) is 1.48. The molecule has 0 unspecified atom stereocenters. The molecule has 1 aliphatic rings. The Morgan fingerprint density at radius 3 is 2.82 bits per heavy atom. The molecule has 0 aliphatic heterocycles. The van der Waals surface area contributed by atoms with E-state index in [2.05, 4.69) is 0 Å². The topological polar surface area (TPSA) is 44.8 Å². The van der Waals surface area contributed by atoms with E-state index in [-0.39, 0.29) is 6.79 Å². The summed E-state index contributed by atoms with van der Waals surface area (Å²) < 4.78 is 16.0. The average Bonchev–Trinajstić information content (AvgIpc) is 3.18. The van der Waals surface area contributed by atoms with Gasteiger partial charge in [-0.05, 0) is 37.0 Å². The third kappa shape index (κ3) is 3.46. The van der Waals surface area contributed by atoms with E-state index < -0.39 is 0 Å². The first-order valence-electron chi connectivity index (χ1n) is 5.67. The second kappa shape index (κ2) is 5.68. The molecule has 17 heavy (non-hydrogen) atoms. The van der Waals surface area contributed by atoms with E-state index in [1.807, 2.05) is 0 Å². The summed E-state index contributed by atoms with van der Waals surface area (Å²) in [5.74, 6) is 1.86. The zero-order valence-corrected chi connectivity index (χ0v) is 9.85. The molecule has 4 heteroatoms. The van der Waals surface area contributed by atoms with Crippen LogP contribution in [0.4, 0.5) is 0 Å². The van der Waals surface area contributed by atoms with Crippen LogP contribution < -0.4 is 9.47 Å². The summed E-state index contributed by atoms with van der Waals surface area (Å²) in [7, 11) is 1.54. The molecule has 1 aliphatic carbocycles. The van der Waals surface area contributed by atoms with Crippen molar-refractivity contribution in [3.63, 3.8) is 0 Å². The van der Waals surface area contributed by atoms with Gasteiger partial charge in [-0.25, -0.2) is 0 Å². The van der Waals surface area contributed by atoms with Gasteiger partial charge in [0.1, 0.15) is 6.29 Å². The summed E-state index contributed by atoms with van der Waals surface area (Å²) in [5.41, 5.74) is 0.563. The number of carbonyl (C=O) groups is 1. The van der Waals surface area contributed by atoms with E-state index in [9.17, 15) is 4.79 Å². The van der Waals surface area contributed by atoms with Crippen molar-refractivity contribution in [3.05, 3.63) is 23.8 Å². The zero-order valence-electron chi connectivity index (χ0n) is 9.85. The van der Waals surface area contributed by atoms with Gasteiger partial charge in [-0.1, -0.05) is 0 Å². The van der Waals surface area contributed by atoms with Crippen LogP contribution in [0.5, 0.6) is 11.5 Å². The van der Waals surface area contributed by atoms with Gasteiger partial charge in [-0.15, -0.1) is 0 Å². The van der Waals surface area contributed by atoms with Gasteiger partial charge in [-0.3, -0.25) is 4.79 Å². The lowest BCUT2D eigenvalue weighted by molar-refractivity contribution is 0.00866. The van der Waals surface area contributed by atoms with Crippen molar-refractivity contribution < 1.29 is 19.0 Å². The Balaban J connectivity index is 1.86. The van der Waals surface area contributed by atoms with Crippen molar-refractivity contribution in [1.82, 2.24) is 0 Å². The Kier molecular flexibility index (Phi) is 3.98. The Morgan fingerprint density at radius 1 is 1.35 bits per heavy atom. The highest BCUT2D eigenvalue weighted by Gasteiger charge is 2.21. The minimum atomic E-state index is 0.216. The molecular weight excluding hydrogens is 220 g/mol. The number of hydrogen-bond donors (Lipinski definition) is 0. The summed E-state index contributed by atoms with van der Waals surface area (Å²) >= 11 is 0. The summed E-state index contributed by atoms with van der Waals surface area (Å²) in [5, 5.41) is 0. The molecule has 0 N–H and O–H groups in total. The number of methoxy groups -OCH3 is 1. The van der Waals surface area contributed by atoms with Gasteiger partial charge in [-0.2, -0.15) is 0 Å².